The second kappa shape index (κ2) is 5.12. The minimum atomic E-state index is 0.589. The van der Waals surface area contributed by atoms with E-state index in [1.165, 1.54) is 18.4 Å². The van der Waals surface area contributed by atoms with Crippen LogP contribution in [0.3, 0.4) is 0 Å². The van der Waals surface area contributed by atoms with E-state index in [1.54, 1.807) is 0 Å². The summed E-state index contributed by atoms with van der Waals surface area (Å²) in [5.41, 5.74) is 1.35. The Hall–Kier alpha value is -1.09. The maximum Gasteiger partial charge on any atom is 0.126 e. The largest absolute Gasteiger partial charge is 0.367 e. The van der Waals surface area contributed by atoms with Crippen LogP contribution in [0.1, 0.15) is 25.3 Å². The van der Waals surface area contributed by atoms with Crippen LogP contribution in [0.4, 0.5) is 5.82 Å². The van der Waals surface area contributed by atoms with Crippen molar-refractivity contribution in [3.8, 4) is 0 Å². The molecule has 0 aliphatic carbocycles. The van der Waals surface area contributed by atoms with E-state index in [2.05, 4.69) is 34.7 Å². The van der Waals surface area contributed by atoms with Crippen LogP contribution in [-0.2, 0) is 6.42 Å². The topological polar surface area (TPSA) is 37.0 Å². The van der Waals surface area contributed by atoms with Crippen molar-refractivity contribution in [2.45, 2.75) is 32.2 Å². The van der Waals surface area contributed by atoms with Gasteiger partial charge in [0.25, 0.3) is 0 Å². The Kier molecular flexibility index (Phi) is 3.56. The molecule has 15 heavy (non-hydrogen) atoms. The Morgan fingerprint density at radius 3 is 3.00 bits per heavy atom. The molecule has 0 unspecified atom stereocenters. The quantitative estimate of drug-likeness (QED) is 0.790. The number of anilines is 1. The molecule has 1 aliphatic heterocycles. The zero-order chi connectivity index (χ0) is 10.5. The SMILES string of the molecule is CCc1ccnc(NC2CCNCC2)c1. The highest BCUT2D eigenvalue weighted by atomic mass is 15.0. The summed E-state index contributed by atoms with van der Waals surface area (Å²) in [6.45, 7) is 4.40. The fourth-order valence-electron chi connectivity index (χ4n) is 1.95. The van der Waals surface area contributed by atoms with E-state index in [-0.39, 0.29) is 0 Å². The molecule has 0 saturated carbocycles. The fourth-order valence-corrected chi connectivity index (χ4v) is 1.95. The van der Waals surface area contributed by atoms with Crippen LogP contribution in [0.15, 0.2) is 18.3 Å². The third kappa shape index (κ3) is 2.93. The number of nitrogens with one attached hydrogen (secondary N) is 2. The molecule has 0 atom stereocenters. The summed E-state index contributed by atoms with van der Waals surface area (Å²) in [5.74, 6) is 1.03. The van der Waals surface area contributed by atoms with Gasteiger partial charge in [0.2, 0.25) is 0 Å². The van der Waals surface area contributed by atoms with Crippen LogP contribution in [0, 0.1) is 0 Å². The highest BCUT2D eigenvalue weighted by molar-refractivity contribution is 5.38. The zero-order valence-electron chi connectivity index (χ0n) is 9.29. The normalized spacial score (nSPS) is 17.7. The molecule has 1 aromatic rings. The van der Waals surface area contributed by atoms with Crippen molar-refractivity contribution < 1.29 is 0 Å². The Morgan fingerprint density at radius 1 is 1.47 bits per heavy atom. The van der Waals surface area contributed by atoms with E-state index in [4.69, 9.17) is 0 Å². The third-order valence-corrected chi connectivity index (χ3v) is 2.92. The molecule has 2 heterocycles. The van der Waals surface area contributed by atoms with Gasteiger partial charge in [-0.2, -0.15) is 0 Å². The van der Waals surface area contributed by atoms with Crippen molar-refractivity contribution in [2.75, 3.05) is 18.4 Å². The van der Waals surface area contributed by atoms with Crippen LogP contribution in [0.2, 0.25) is 0 Å². The first-order valence-corrected chi connectivity index (χ1v) is 5.80. The predicted molar refractivity (Wildman–Crippen MR) is 63.1 cm³/mol. The summed E-state index contributed by atoms with van der Waals surface area (Å²) in [6.07, 6.45) is 5.35. The summed E-state index contributed by atoms with van der Waals surface area (Å²) >= 11 is 0. The van der Waals surface area contributed by atoms with Gasteiger partial charge in [-0.15, -0.1) is 0 Å². The molecule has 0 radical (unpaired) electrons. The smallest absolute Gasteiger partial charge is 0.126 e. The maximum absolute atomic E-state index is 4.35. The third-order valence-electron chi connectivity index (χ3n) is 2.92. The standard InChI is InChI=1S/C12H19N3/c1-2-10-3-8-14-12(9-10)15-11-4-6-13-7-5-11/h3,8-9,11,13H,2,4-7H2,1H3,(H,14,15). The Balaban J connectivity index is 1.96. The first-order valence-electron chi connectivity index (χ1n) is 5.80. The number of hydrogen-bond donors (Lipinski definition) is 2. The van der Waals surface area contributed by atoms with Gasteiger partial charge in [-0.25, -0.2) is 4.98 Å². The van der Waals surface area contributed by atoms with Crippen LogP contribution < -0.4 is 10.6 Å². The maximum atomic E-state index is 4.35. The molecule has 82 valence electrons. The average molecular weight is 205 g/mol. The minimum absolute atomic E-state index is 0.589. The molecule has 0 bridgehead atoms. The second-order valence-corrected chi connectivity index (χ2v) is 4.07. The molecule has 1 saturated heterocycles. The highest BCUT2D eigenvalue weighted by Gasteiger charge is 2.12. The summed E-state index contributed by atoms with van der Waals surface area (Å²) in [5, 5.41) is 6.87. The van der Waals surface area contributed by atoms with Crippen molar-refractivity contribution in [2.24, 2.45) is 0 Å². The van der Waals surface area contributed by atoms with E-state index < -0.39 is 0 Å². The predicted octanol–water partition coefficient (Wildman–Crippen LogP) is 1.81. The lowest BCUT2D eigenvalue weighted by Gasteiger charge is -2.24. The molecule has 0 aromatic carbocycles. The van der Waals surface area contributed by atoms with Gasteiger partial charge in [0, 0.05) is 12.2 Å². The molecule has 1 fully saturated rings. The first kappa shape index (κ1) is 10.4. The number of rotatable bonds is 3. The van der Waals surface area contributed by atoms with Crippen LogP contribution in [0.25, 0.3) is 0 Å². The molecular formula is C12H19N3. The van der Waals surface area contributed by atoms with Crippen molar-refractivity contribution in [3.05, 3.63) is 23.9 Å². The van der Waals surface area contributed by atoms with Crippen LogP contribution in [0.5, 0.6) is 0 Å². The van der Waals surface area contributed by atoms with E-state index in [1.807, 2.05) is 6.20 Å². The summed E-state index contributed by atoms with van der Waals surface area (Å²) < 4.78 is 0. The highest BCUT2D eigenvalue weighted by Crippen LogP contribution is 2.12. The summed E-state index contributed by atoms with van der Waals surface area (Å²) in [4.78, 5) is 4.35. The number of aromatic nitrogens is 1. The number of nitrogens with zero attached hydrogens (tertiary/aromatic N) is 1. The van der Waals surface area contributed by atoms with Crippen molar-refractivity contribution in [3.63, 3.8) is 0 Å². The van der Waals surface area contributed by atoms with Crippen molar-refractivity contribution >= 4 is 5.82 Å². The van der Waals surface area contributed by atoms with Crippen LogP contribution >= 0.6 is 0 Å². The van der Waals surface area contributed by atoms with Gasteiger partial charge in [0.15, 0.2) is 0 Å². The van der Waals surface area contributed by atoms with E-state index in [0.29, 0.717) is 6.04 Å². The first-order chi connectivity index (χ1) is 7.38. The van der Waals surface area contributed by atoms with Gasteiger partial charge >= 0.3 is 0 Å². The molecular weight excluding hydrogens is 186 g/mol. The molecule has 2 rings (SSSR count). The second-order valence-electron chi connectivity index (χ2n) is 4.07. The molecule has 0 amide bonds. The lowest BCUT2D eigenvalue weighted by molar-refractivity contribution is 0.478. The summed E-state index contributed by atoms with van der Waals surface area (Å²) in [6, 6.07) is 4.82. The van der Waals surface area contributed by atoms with E-state index in [9.17, 15) is 0 Å². The molecule has 3 heteroatoms. The summed E-state index contributed by atoms with van der Waals surface area (Å²) in [7, 11) is 0. The van der Waals surface area contributed by atoms with E-state index >= 15 is 0 Å². The van der Waals surface area contributed by atoms with Crippen molar-refractivity contribution in [1.82, 2.24) is 10.3 Å². The van der Waals surface area contributed by atoms with Gasteiger partial charge in [-0.3, -0.25) is 0 Å². The minimum Gasteiger partial charge on any atom is -0.367 e. The molecule has 1 aromatic heterocycles. The Labute approximate surface area is 91.3 Å². The number of pyridine rings is 1. The molecule has 3 nitrogen and oxygen atoms in total. The lowest BCUT2D eigenvalue weighted by atomic mass is 10.1. The fraction of sp³-hybridized carbons (Fsp3) is 0.583. The van der Waals surface area contributed by atoms with Gasteiger partial charge in [-0.1, -0.05) is 6.92 Å². The molecule has 1 aliphatic rings. The van der Waals surface area contributed by atoms with Gasteiger partial charge in [-0.05, 0) is 50.0 Å². The lowest BCUT2D eigenvalue weighted by Crippen LogP contribution is -2.35. The zero-order valence-corrected chi connectivity index (χ0v) is 9.29. The molecule has 2 N–H and O–H groups in total. The number of hydrogen-bond acceptors (Lipinski definition) is 3. The van der Waals surface area contributed by atoms with Gasteiger partial charge < -0.3 is 10.6 Å². The van der Waals surface area contributed by atoms with Gasteiger partial charge in [0.05, 0.1) is 0 Å². The van der Waals surface area contributed by atoms with Crippen LogP contribution in [-0.4, -0.2) is 24.1 Å². The Bertz CT molecular complexity index is 305. The average Bonchev–Trinajstić information content (AvgIpc) is 2.31. The Morgan fingerprint density at radius 2 is 2.27 bits per heavy atom. The number of aryl methyl sites for hydroxylation is 1. The van der Waals surface area contributed by atoms with Crippen molar-refractivity contribution in [1.29, 1.82) is 0 Å². The monoisotopic (exact) mass is 205 g/mol. The van der Waals surface area contributed by atoms with Gasteiger partial charge in [0.1, 0.15) is 5.82 Å². The van der Waals surface area contributed by atoms with E-state index in [0.717, 1.165) is 25.3 Å². The molecule has 0 spiro atoms. The number of piperidine rings is 1.